The number of barbiturate groups is 1. The van der Waals surface area contributed by atoms with Gasteiger partial charge in [-0.3, -0.25) is 25.0 Å². The van der Waals surface area contributed by atoms with E-state index in [1.165, 1.54) is 24.3 Å². The molecular formula is C28H24ClN3O7. The maximum Gasteiger partial charge on any atom is 0.335 e. The molecule has 11 heteroatoms. The van der Waals surface area contributed by atoms with Crippen molar-refractivity contribution in [2.75, 3.05) is 11.5 Å². The van der Waals surface area contributed by atoms with E-state index in [0.29, 0.717) is 16.8 Å². The molecule has 4 amide bonds. The lowest BCUT2D eigenvalue weighted by atomic mass is 10.0. The molecule has 0 aliphatic carbocycles. The van der Waals surface area contributed by atoms with Gasteiger partial charge < -0.3 is 9.47 Å². The first kappa shape index (κ1) is 27.3. The van der Waals surface area contributed by atoms with Gasteiger partial charge in [0.1, 0.15) is 12.2 Å². The fourth-order valence-corrected chi connectivity index (χ4v) is 4.19. The Morgan fingerprint density at radius 2 is 1.79 bits per heavy atom. The monoisotopic (exact) mass is 549 g/mol. The summed E-state index contributed by atoms with van der Waals surface area (Å²) in [6.45, 7) is 5.76. The van der Waals surface area contributed by atoms with Crippen LogP contribution >= 0.6 is 11.6 Å². The number of amides is 4. The number of hydrogen-bond donors (Lipinski definition) is 1. The summed E-state index contributed by atoms with van der Waals surface area (Å²) in [7, 11) is 0. The molecule has 0 bridgehead atoms. The lowest BCUT2D eigenvalue weighted by molar-refractivity contribution is -0.384. The van der Waals surface area contributed by atoms with Crippen molar-refractivity contribution in [3.63, 3.8) is 0 Å². The summed E-state index contributed by atoms with van der Waals surface area (Å²) in [6.07, 6.45) is 1.32. The van der Waals surface area contributed by atoms with Gasteiger partial charge >= 0.3 is 6.03 Å². The van der Waals surface area contributed by atoms with Gasteiger partial charge in [-0.25, -0.2) is 9.69 Å². The Bertz CT molecular complexity index is 1530. The van der Waals surface area contributed by atoms with Crippen molar-refractivity contribution in [1.82, 2.24) is 5.32 Å². The minimum Gasteiger partial charge on any atom is -0.490 e. The third-order valence-electron chi connectivity index (χ3n) is 6.00. The summed E-state index contributed by atoms with van der Waals surface area (Å²) < 4.78 is 11.5. The molecule has 0 spiro atoms. The summed E-state index contributed by atoms with van der Waals surface area (Å²) in [5, 5.41) is 13.4. The molecule has 0 saturated carbocycles. The van der Waals surface area contributed by atoms with E-state index in [2.05, 4.69) is 5.32 Å². The smallest absolute Gasteiger partial charge is 0.335 e. The van der Waals surface area contributed by atoms with Crippen molar-refractivity contribution < 1.29 is 28.8 Å². The van der Waals surface area contributed by atoms with Gasteiger partial charge in [-0.05, 0) is 73.4 Å². The number of nitro benzene ring substituents is 1. The number of carbonyl (C=O) groups is 3. The molecule has 1 fully saturated rings. The molecular weight excluding hydrogens is 526 g/mol. The number of nitro groups is 1. The van der Waals surface area contributed by atoms with E-state index >= 15 is 0 Å². The van der Waals surface area contributed by atoms with Crippen LogP contribution in [0.3, 0.4) is 0 Å². The number of non-ortho nitro benzene ring substituents is 1. The van der Waals surface area contributed by atoms with E-state index in [0.717, 1.165) is 16.0 Å². The second-order valence-electron chi connectivity index (χ2n) is 8.71. The predicted molar refractivity (Wildman–Crippen MR) is 145 cm³/mol. The van der Waals surface area contributed by atoms with Gasteiger partial charge in [0.05, 0.1) is 22.2 Å². The zero-order valence-corrected chi connectivity index (χ0v) is 22.1. The maximum absolute atomic E-state index is 13.3. The van der Waals surface area contributed by atoms with Crippen LogP contribution < -0.4 is 19.7 Å². The Morgan fingerprint density at radius 3 is 2.49 bits per heavy atom. The molecule has 4 rings (SSSR count). The van der Waals surface area contributed by atoms with E-state index in [4.69, 9.17) is 21.1 Å². The van der Waals surface area contributed by atoms with E-state index in [1.54, 1.807) is 43.3 Å². The van der Waals surface area contributed by atoms with Crippen LogP contribution in [0, 0.1) is 24.0 Å². The Morgan fingerprint density at radius 1 is 1.03 bits per heavy atom. The van der Waals surface area contributed by atoms with Crippen molar-refractivity contribution >= 4 is 46.9 Å². The quantitative estimate of drug-likeness (QED) is 0.170. The highest BCUT2D eigenvalue weighted by Crippen LogP contribution is 2.38. The minimum absolute atomic E-state index is 0.0180. The average Bonchev–Trinajstić information content (AvgIpc) is 2.88. The van der Waals surface area contributed by atoms with Crippen LogP contribution in [0.15, 0.2) is 60.2 Å². The number of benzene rings is 3. The molecule has 0 radical (unpaired) electrons. The van der Waals surface area contributed by atoms with Crippen LogP contribution in [0.5, 0.6) is 11.5 Å². The molecule has 10 nitrogen and oxygen atoms in total. The van der Waals surface area contributed by atoms with Gasteiger partial charge in [0.15, 0.2) is 11.5 Å². The molecule has 1 aliphatic rings. The molecule has 0 aromatic heterocycles. The highest BCUT2D eigenvalue weighted by atomic mass is 35.5. The molecule has 39 heavy (non-hydrogen) atoms. The Hall–Kier alpha value is -4.70. The number of rotatable bonds is 8. The van der Waals surface area contributed by atoms with Gasteiger partial charge in [0.2, 0.25) is 0 Å². The van der Waals surface area contributed by atoms with Crippen molar-refractivity contribution in [2.45, 2.75) is 27.4 Å². The van der Waals surface area contributed by atoms with E-state index in [1.807, 2.05) is 13.8 Å². The molecule has 3 aromatic carbocycles. The second-order valence-corrected chi connectivity index (χ2v) is 9.11. The van der Waals surface area contributed by atoms with Gasteiger partial charge in [0, 0.05) is 12.1 Å². The molecule has 1 N–H and O–H groups in total. The Labute approximate surface area is 228 Å². The molecule has 1 saturated heterocycles. The Kier molecular flexibility index (Phi) is 7.96. The number of nitrogens with one attached hydrogen (secondary N) is 1. The number of ether oxygens (including phenoxy) is 2. The largest absolute Gasteiger partial charge is 0.490 e. The summed E-state index contributed by atoms with van der Waals surface area (Å²) in [5.74, 6) is -1.19. The zero-order chi connectivity index (χ0) is 28.3. The number of urea groups is 1. The lowest BCUT2D eigenvalue weighted by Crippen LogP contribution is -2.54. The van der Waals surface area contributed by atoms with E-state index < -0.39 is 22.8 Å². The average molecular weight is 550 g/mol. The van der Waals surface area contributed by atoms with Crippen molar-refractivity contribution in [1.29, 1.82) is 0 Å². The third-order valence-corrected chi connectivity index (χ3v) is 6.28. The van der Waals surface area contributed by atoms with Crippen LogP contribution in [0.25, 0.3) is 6.08 Å². The molecule has 0 atom stereocenters. The number of hydrogen-bond acceptors (Lipinski definition) is 7. The van der Waals surface area contributed by atoms with Gasteiger partial charge in [-0.1, -0.05) is 29.8 Å². The highest BCUT2D eigenvalue weighted by molar-refractivity contribution is 6.39. The van der Waals surface area contributed by atoms with E-state index in [-0.39, 0.29) is 41.0 Å². The second kappa shape index (κ2) is 11.4. The topological polar surface area (TPSA) is 128 Å². The van der Waals surface area contributed by atoms with Gasteiger partial charge in [0.25, 0.3) is 17.5 Å². The van der Waals surface area contributed by atoms with Crippen LogP contribution in [-0.2, 0) is 16.2 Å². The van der Waals surface area contributed by atoms with Crippen LogP contribution in [0.1, 0.15) is 29.2 Å². The van der Waals surface area contributed by atoms with E-state index in [9.17, 15) is 24.5 Å². The number of anilines is 1. The fourth-order valence-electron chi connectivity index (χ4n) is 3.91. The third kappa shape index (κ3) is 5.91. The number of carbonyl (C=O) groups excluding carboxylic acids is 3. The first-order valence-electron chi connectivity index (χ1n) is 11.9. The van der Waals surface area contributed by atoms with Crippen LogP contribution in [0.2, 0.25) is 5.02 Å². The number of nitrogens with zero attached hydrogens (tertiary/aromatic N) is 2. The lowest BCUT2D eigenvalue weighted by Gasteiger charge is -2.27. The van der Waals surface area contributed by atoms with Gasteiger partial charge in [-0.15, -0.1) is 0 Å². The van der Waals surface area contributed by atoms with Crippen LogP contribution in [-0.4, -0.2) is 29.4 Å². The number of aryl methyl sites for hydroxylation is 2. The zero-order valence-electron chi connectivity index (χ0n) is 21.3. The summed E-state index contributed by atoms with van der Waals surface area (Å²) >= 11 is 6.50. The fraction of sp³-hybridized carbons (Fsp3) is 0.179. The van der Waals surface area contributed by atoms with Crippen molar-refractivity contribution in [3.8, 4) is 11.5 Å². The molecule has 3 aromatic rings. The number of imide groups is 2. The van der Waals surface area contributed by atoms with Crippen LogP contribution in [0.4, 0.5) is 16.2 Å². The summed E-state index contributed by atoms with van der Waals surface area (Å²) in [6, 6.07) is 13.3. The molecule has 200 valence electrons. The molecule has 1 heterocycles. The first-order valence-corrected chi connectivity index (χ1v) is 12.3. The first-order chi connectivity index (χ1) is 18.6. The predicted octanol–water partition coefficient (Wildman–Crippen LogP) is 5.51. The van der Waals surface area contributed by atoms with Crippen molar-refractivity contribution in [2.24, 2.45) is 0 Å². The van der Waals surface area contributed by atoms with Crippen molar-refractivity contribution in [3.05, 3.63) is 97.6 Å². The summed E-state index contributed by atoms with van der Waals surface area (Å²) in [4.78, 5) is 49.9. The minimum atomic E-state index is -0.844. The standard InChI is InChI=1S/C28H24ClN3O7/c1-4-38-24-14-19(13-23(29)25(24)39-15-18-6-5-7-21(11-18)32(36)37)12-22-26(33)30-28(35)31(27(22)34)20-9-8-16(2)17(3)10-20/h5-14H,4,15H2,1-3H3,(H,30,33,35)/b22-12+. The SMILES string of the molecule is CCOc1cc(/C=C2\C(=O)NC(=O)N(c3ccc(C)c(C)c3)C2=O)cc(Cl)c1OCc1cccc([N+](=O)[O-])c1. The Balaban J connectivity index is 1.65. The van der Waals surface area contributed by atoms with Gasteiger partial charge in [-0.2, -0.15) is 0 Å². The number of halogens is 1. The summed E-state index contributed by atoms with van der Waals surface area (Å²) in [5.41, 5.74) is 2.77. The maximum atomic E-state index is 13.3. The normalized spacial score (nSPS) is 14.4. The molecule has 1 aliphatic heterocycles. The molecule has 0 unspecified atom stereocenters. The highest BCUT2D eigenvalue weighted by Gasteiger charge is 2.37.